The molecule has 0 amide bonds. The zero-order chi connectivity index (χ0) is 22.9. The first-order valence-corrected chi connectivity index (χ1v) is 11.5. The molecule has 2 N–H and O–H groups in total. The Morgan fingerprint density at radius 3 is 2.36 bits per heavy atom. The van der Waals surface area contributed by atoms with Crippen molar-refractivity contribution in [3.05, 3.63) is 77.1 Å². The number of nitrogens with one attached hydrogen (secondary N) is 1. The molecule has 0 aliphatic heterocycles. The SMILES string of the molecule is O=C(O)CC1CCC(c2ccc(C3=CC=C(c4nc5c(F)cc(F)cc5[nH]4)CC3)cc2)CC1. The van der Waals surface area contributed by atoms with Crippen molar-refractivity contribution < 1.29 is 18.7 Å². The molecule has 5 rings (SSSR count). The molecule has 33 heavy (non-hydrogen) atoms. The van der Waals surface area contributed by atoms with Crippen molar-refractivity contribution in [2.75, 3.05) is 0 Å². The molecule has 170 valence electrons. The van der Waals surface area contributed by atoms with E-state index in [9.17, 15) is 13.6 Å². The third-order valence-electron chi connectivity index (χ3n) is 7.02. The maximum atomic E-state index is 14.0. The third-order valence-corrected chi connectivity index (χ3v) is 7.02. The Balaban J connectivity index is 1.27. The van der Waals surface area contributed by atoms with Crippen molar-refractivity contribution >= 4 is 28.1 Å². The largest absolute Gasteiger partial charge is 0.481 e. The second-order valence-corrected chi connectivity index (χ2v) is 9.19. The van der Waals surface area contributed by atoms with Gasteiger partial charge in [-0.15, -0.1) is 0 Å². The van der Waals surface area contributed by atoms with E-state index in [0.29, 0.717) is 23.2 Å². The minimum Gasteiger partial charge on any atom is -0.481 e. The molecule has 2 aliphatic rings. The van der Waals surface area contributed by atoms with Gasteiger partial charge in [-0.05, 0) is 78.7 Å². The highest BCUT2D eigenvalue weighted by Gasteiger charge is 2.24. The van der Waals surface area contributed by atoms with Crippen LogP contribution in [0.25, 0.3) is 22.2 Å². The molecule has 4 nitrogen and oxygen atoms in total. The lowest BCUT2D eigenvalue weighted by atomic mass is 9.77. The van der Waals surface area contributed by atoms with Crippen molar-refractivity contribution in [1.29, 1.82) is 0 Å². The lowest BCUT2D eigenvalue weighted by molar-refractivity contribution is -0.138. The number of hydrogen-bond donors (Lipinski definition) is 2. The summed E-state index contributed by atoms with van der Waals surface area (Å²) in [6.45, 7) is 0. The van der Waals surface area contributed by atoms with Crippen LogP contribution in [0.2, 0.25) is 0 Å². The topological polar surface area (TPSA) is 66.0 Å². The van der Waals surface area contributed by atoms with Crippen LogP contribution < -0.4 is 0 Å². The summed E-state index contributed by atoms with van der Waals surface area (Å²) in [5, 5.41) is 8.99. The van der Waals surface area contributed by atoms with Gasteiger partial charge in [0.2, 0.25) is 0 Å². The van der Waals surface area contributed by atoms with E-state index in [-0.39, 0.29) is 11.9 Å². The third kappa shape index (κ3) is 4.61. The summed E-state index contributed by atoms with van der Waals surface area (Å²) in [5.41, 5.74) is 5.26. The van der Waals surface area contributed by atoms with Crippen LogP contribution >= 0.6 is 0 Å². The van der Waals surface area contributed by atoms with E-state index in [0.717, 1.165) is 50.2 Å². The normalized spacial score (nSPS) is 21.0. The van der Waals surface area contributed by atoms with Crippen LogP contribution in [0, 0.1) is 17.6 Å². The van der Waals surface area contributed by atoms with Gasteiger partial charge in [0.05, 0.1) is 5.52 Å². The zero-order valence-corrected chi connectivity index (χ0v) is 18.3. The number of carboxylic acids is 1. The van der Waals surface area contributed by atoms with E-state index in [4.69, 9.17) is 5.11 Å². The van der Waals surface area contributed by atoms with Crippen molar-refractivity contribution in [2.45, 2.75) is 50.9 Å². The predicted octanol–water partition coefficient (Wildman–Crippen LogP) is 6.85. The van der Waals surface area contributed by atoms with E-state index < -0.39 is 17.6 Å². The zero-order valence-electron chi connectivity index (χ0n) is 18.3. The smallest absolute Gasteiger partial charge is 0.303 e. The number of imidazole rings is 1. The predicted molar refractivity (Wildman–Crippen MR) is 125 cm³/mol. The molecule has 3 aromatic rings. The molecule has 6 heteroatoms. The fraction of sp³-hybridized carbons (Fsp3) is 0.333. The highest BCUT2D eigenvalue weighted by molar-refractivity contribution is 5.82. The van der Waals surface area contributed by atoms with Crippen molar-refractivity contribution in [3.8, 4) is 0 Å². The molecule has 2 aliphatic carbocycles. The van der Waals surface area contributed by atoms with Gasteiger partial charge in [-0.2, -0.15) is 0 Å². The van der Waals surface area contributed by atoms with Crippen LogP contribution in [0.15, 0.2) is 48.6 Å². The van der Waals surface area contributed by atoms with E-state index in [1.165, 1.54) is 22.8 Å². The second-order valence-electron chi connectivity index (χ2n) is 9.19. The first-order chi connectivity index (χ1) is 16.0. The van der Waals surface area contributed by atoms with Crippen LogP contribution in [-0.2, 0) is 4.79 Å². The Labute approximate surface area is 191 Å². The number of halogens is 2. The Morgan fingerprint density at radius 1 is 1.00 bits per heavy atom. The quantitative estimate of drug-likeness (QED) is 0.449. The fourth-order valence-electron chi connectivity index (χ4n) is 5.19. The van der Waals surface area contributed by atoms with Crippen LogP contribution in [0.1, 0.15) is 67.8 Å². The second kappa shape index (κ2) is 8.93. The Kier molecular flexibility index (Phi) is 5.83. The first-order valence-electron chi connectivity index (χ1n) is 11.5. The molecule has 1 aromatic heterocycles. The van der Waals surface area contributed by atoms with Crippen LogP contribution in [0.3, 0.4) is 0 Å². The van der Waals surface area contributed by atoms with Gasteiger partial charge in [0.25, 0.3) is 0 Å². The summed E-state index contributed by atoms with van der Waals surface area (Å²) in [6.07, 6.45) is 10.0. The standard InChI is InChI=1S/C27H26F2N2O2/c28-22-14-23(29)26-24(15-22)30-27(31-26)21-11-9-20(10-12-21)19-7-5-18(6-8-19)17-3-1-16(2-4-17)13-25(32)33/h5-9,11,14-17H,1-4,10,12-13H2,(H,30,31)(H,32,33). The summed E-state index contributed by atoms with van der Waals surface area (Å²) < 4.78 is 27.4. The van der Waals surface area contributed by atoms with Gasteiger partial charge in [0.1, 0.15) is 17.2 Å². The number of aromatic nitrogens is 2. The molecule has 0 radical (unpaired) electrons. The van der Waals surface area contributed by atoms with E-state index in [2.05, 4.69) is 40.3 Å². The molecule has 1 heterocycles. The van der Waals surface area contributed by atoms with Gasteiger partial charge < -0.3 is 10.1 Å². The summed E-state index contributed by atoms with van der Waals surface area (Å²) in [7, 11) is 0. The van der Waals surface area contributed by atoms with Crippen LogP contribution in [0.4, 0.5) is 8.78 Å². The number of H-pyrrole nitrogens is 1. The number of fused-ring (bicyclic) bond motifs is 1. The minimum absolute atomic E-state index is 0.162. The van der Waals surface area contributed by atoms with Gasteiger partial charge in [-0.25, -0.2) is 13.8 Å². The number of carbonyl (C=O) groups is 1. The van der Waals surface area contributed by atoms with E-state index >= 15 is 0 Å². The number of nitrogens with zero attached hydrogens (tertiary/aromatic N) is 1. The van der Waals surface area contributed by atoms with Gasteiger partial charge >= 0.3 is 5.97 Å². The molecule has 0 bridgehead atoms. The molecule has 1 saturated carbocycles. The minimum atomic E-state index is -0.692. The monoisotopic (exact) mass is 448 g/mol. The lowest BCUT2D eigenvalue weighted by Crippen LogP contribution is -2.16. The average Bonchev–Trinajstić information content (AvgIpc) is 3.24. The van der Waals surface area contributed by atoms with Crippen LogP contribution in [-0.4, -0.2) is 21.0 Å². The van der Waals surface area contributed by atoms with E-state index in [1.807, 2.05) is 6.08 Å². The summed E-state index contributed by atoms with van der Waals surface area (Å²) >= 11 is 0. The number of aromatic amines is 1. The number of benzene rings is 2. The van der Waals surface area contributed by atoms with Gasteiger partial charge in [0, 0.05) is 12.5 Å². The van der Waals surface area contributed by atoms with Gasteiger partial charge in [0.15, 0.2) is 5.82 Å². The number of aliphatic carboxylic acids is 1. The highest BCUT2D eigenvalue weighted by Crippen LogP contribution is 2.38. The number of allylic oxidation sites excluding steroid dienone is 4. The molecule has 2 aromatic carbocycles. The molecular weight excluding hydrogens is 422 g/mol. The van der Waals surface area contributed by atoms with Gasteiger partial charge in [-0.3, -0.25) is 4.79 Å². The Bertz CT molecular complexity index is 1250. The molecule has 0 unspecified atom stereocenters. The molecular formula is C27H26F2N2O2. The lowest BCUT2D eigenvalue weighted by Gasteiger charge is -2.28. The first kappa shape index (κ1) is 21.6. The molecule has 0 saturated heterocycles. The summed E-state index contributed by atoms with van der Waals surface area (Å²) in [5.74, 6) is -0.564. The number of carboxylic acid groups (broad SMARTS) is 1. The summed E-state index contributed by atoms with van der Waals surface area (Å²) in [6, 6.07) is 10.9. The van der Waals surface area contributed by atoms with Crippen molar-refractivity contribution in [2.24, 2.45) is 5.92 Å². The fourth-order valence-corrected chi connectivity index (χ4v) is 5.19. The Hall–Kier alpha value is -3.28. The van der Waals surface area contributed by atoms with E-state index in [1.54, 1.807) is 0 Å². The van der Waals surface area contributed by atoms with Crippen molar-refractivity contribution in [3.63, 3.8) is 0 Å². The van der Waals surface area contributed by atoms with Crippen LogP contribution in [0.5, 0.6) is 0 Å². The maximum absolute atomic E-state index is 14.0. The summed E-state index contributed by atoms with van der Waals surface area (Å²) in [4.78, 5) is 18.3. The average molecular weight is 449 g/mol. The molecule has 0 atom stereocenters. The Morgan fingerprint density at radius 2 is 1.70 bits per heavy atom. The highest BCUT2D eigenvalue weighted by atomic mass is 19.1. The molecule has 1 fully saturated rings. The van der Waals surface area contributed by atoms with Gasteiger partial charge in [-0.1, -0.05) is 36.4 Å². The van der Waals surface area contributed by atoms with Crippen molar-refractivity contribution in [1.82, 2.24) is 9.97 Å². The number of hydrogen-bond acceptors (Lipinski definition) is 2. The number of rotatable bonds is 5. The molecule has 0 spiro atoms. The maximum Gasteiger partial charge on any atom is 0.303 e.